The number of carbonyl (C=O) groups excluding carboxylic acids is 2. The number of imide groups is 1. The van der Waals surface area contributed by atoms with Crippen LogP contribution >= 0.6 is 23.4 Å². The average molecular weight is 415 g/mol. The zero-order chi connectivity index (χ0) is 19.9. The largest absolute Gasteiger partial charge is 0.351 e. The van der Waals surface area contributed by atoms with Gasteiger partial charge in [0.1, 0.15) is 0 Å². The summed E-state index contributed by atoms with van der Waals surface area (Å²) < 4.78 is 2.11. The smallest absolute Gasteiger partial charge is 0.318 e. The lowest BCUT2D eigenvalue weighted by molar-refractivity contribution is -0.119. The van der Waals surface area contributed by atoms with Gasteiger partial charge >= 0.3 is 6.03 Å². The molecule has 0 aliphatic carbocycles. The van der Waals surface area contributed by atoms with Crippen molar-refractivity contribution < 1.29 is 9.59 Å². The van der Waals surface area contributed by atoms with Crippen molar-refractivity contribution in [3.05, 3.63) is 71.4 Å². The van der Waals surface area contributed by atoms with Crippen molar-refractivity contribution in [3.8, 4) is 11.3 Å². The SMILES string of the molecule is NC(=O)NC(=O)CCSc1ncc(-c2ccc(Cl)cc2)n1Cc1ccccc1. The molecule has 0 saturated heterocycles. The first kappa shape index (κ1) is 20.0. The van der Waals surface area contributed by atoms with Gasteiger partial charge in [-0.25, -0.2) is 9.78 Å². The zero-order valence-electron chi connectivity index (χ0n) is 15.0. The molecule has 2 aromatic carbocycles. The Hall–Kier alpha value is -2.77. The van der Waals surface area contributed by atoms with Crippen molar-refractivity contribution in [2.45, 2.75) is 18.1 Å². The number of hydrogen-bond acceptors (Lipinski definition) is 4. The van der Waals surface area contributed by atoms with Crippen LogP contribution in [-0.4, -0.2) is 27.2 Å². The Balaban J connectivity index is 1.82. The highest BCUT2D eigenvalue weighted by molar-refractivity contribution is 7.99. The number of benzene rings is 2. The third-order valence-corrected chi connectivity index (χ3v) is 5.21. The molecule has 6 nitrogen and oxygen atoms in total. The molecule has 0 radical (unpaired) electrons. The summed E-state index contributed by atoms with van der Waals surface area (Å²) in [5.41, 5.74) is 8.07. The highest BCUT2D eigenvalue weighted by Gasteiger charge is 2.14. The number of nitrogens with zero attached hydrogens (tertiary/aromatic N) is 2. The molecular weight excluding hydrogens is 396 g/mol. The standard InChI is InChI=1S/C20H19ClN4O2S/c21-16-8-6-15(7-9-16)17-12-23-20(28-11-10-18(26)24-19(22)27)25(17)13-14-4-2-1-3-5-14/h1-9,12H,10-11,13H2,(H3,22,24,26,27). The van der Waals surface area contributed by atoms with E-state index in [0.717, 1.165) is 22.0 Å². The maximum Gasteiger partial charge on any atom is 0.318 e. The quantitative estimate of drug-likeness (QED) is 0.573. The van der Waals surface area contributed by atoms with E-state index in [4.69, 9.17) is 17.3 Å². The van der Waals surface area contributed by atoms with Crippen LogP contribution in [0.15, 0.2) is 66.0 Å². The first-order valence-corrected chi connectivity index (χ1v) is 9.97. The molecule has 3 amide bonds. The van der Waals surface area contributed by atoms with E-state index in [-0.39, 0.29) is 6.42 Å². The summed E-state index contributed by atoms with van der Waals surface area (Å²) in [6.45, 7) is 0.647. The van der Waals surface area contributed by atoms with Gasteiger partial charge in [-0.1, -0.05) is 65.8 Å². The molecule has 1 aromatic heterocycles. The van der Waals surface area contributed by atoms with E-state index in [1.165, 1.54) is 11.8 Å². The van der Waals surface area contributed by atoms with Gasteiger partial charge in [0.15, 0.2) is 5.16 Å². The number of imidazole rings is 1. The molecule has 0 fully saturated rings. The van der Waals surface area contributed by atoms with Crippen molar-refractivity contribution in [1.29, 1.82) is 0 Å². The van der Waals surface area contributed by atoms with Crippen molar-refractivity contribution in [3.63, 3.8) is 0 Å². The van der Waals surface area contributed by atoms with Gasteiger partial charge in [0.2, 0.25) is 5.91 Å². The number of nitrogens with one attached hydrogen (secondary N) is 1. The fraction of sp³-hybridized carbons (Fsp3) is 0.150. The molecule has 3 N–H and O–H groups in total. The summed E-state index contributed by atoms with van der Waals surface area (Å²) in [7, 11) is 0. The second kappa shape index (κ2) is 9.43. The Morgan fingerprint density at radius 3 is 2.50 bits per heavy atom. The van der Waals surface area contributed by atoms with E-state index in [1.807, 2.05) is 48.7 Å². The predicted molar refractivity (Wildman–Crippen MR) is 111 cm³/mol. The van der Waals surface area contributed by atoms with E-state index in [1.54, 1.807) is 0 Å². The second-order valence-electron chi connectivity index (χ2n) is 6.02. The molecule has 0 aliphatic heterocycles. The molecule has 3 rings (SSSR count). The van der Waals surface area contributed by atoms with E-state index in [9.17, 15) is 9.59 Å². The van der Waals surface area contributed by atoms with Crippen molar-refractivity contribution in [1.82, 2.24) is 14.9 Å². The van der Waals surface area contributed by atoms with Crippen molar-refractivity contribution in [2.75, 3.05) is 5.75 Å². The molecule has 0 atom stereocenters. The molecule has 0 saturated carbocycles. The number of rotatable bonds is 7. The molecule has 8 heteroatoms. The lowest BCUT2D eigenvalue weighted by Gasteiger charge is -2.12. The number of hydrogen-bond donors (Lipinski definition) is 2. The van der Waals surface area contributed by atoms with Gasteiger partial charge < -0.3 is 10.3 Å². The van der Waals surface area contributed by atoms with Gasteiger partial charge in [0.25, 0.3) is 0 Å². The van der Waals surface area contributed by atoms with Gasteiger partial charge in [0.05, 0.1) is 18.4 Å². The summed E-state index contributed by atoms with van der Waals surface area (Å²) in [5, 5.41) is 3.53. The number of amides is 3. The molecule has 0 bridgehead atoms. The topological polar surface area (TPSA) is 90.0 Å². The minimum absolute atomic E-state index is 0.169. The highest BCUT2D eigenvalue weighted by Crippen LogP contribution is 2.28. The van der Waals surface area contributed by atoms with Crippen LogP contribution in [-0.2, 0) is 11.3 Å². The maximum absolute atomic E-state index is 11.6. The van der Waals surface area contributed by atoms with E-state index in [0.29, 0.717) is 17.3 Å². The molecule has 144 valence electrons. The maximum atomic E-state index is 11.6. The monoisotopic (exact) mass is 414 g/mol. The zero-order valence-corrected chi connectivity index (χ0v) is 16.5. The normalized spacial score (nSPS) is 10.6. The number of thioether (sulfide) groups is 1. The van der Waals surface area contributed by atoms with Gasteiger partial charge in [-0.05, 0) is 23.3 Å². The molecular formula is C20H19ClN4O2S. The van der Waals surface area contributed by atoms with Crippen LogP contribution in [0.4, 0.5) is 4.79 Å². The van der Waals surface area contributed by atoms with E-state index >= 15 is 0 Å². The molecule has 28 heavy (non-hydrogen) atoms. The molecule has 3 aromatic rings. The molecule has 1 heterocycles. The van der Waals surface area contributed by atoms with Crippen LogP contribution in [0.3, 0.4) is 0 Å². The number of nitrogens with two attached hydrogens (primary N) is 1. The fourth-order valence-electron chi connectivity index (χ4n) is 2.68. The molecule has 0 spiro atoms. The number of primary amides is 1. The summed E-state index contributed by atoms with van der Waals surface area (Å²) in [6, 6.07) is 16.8. The minimum atomic E-state index is -0.842. The Morgan fingerprint density at radius 1 is 1.11 bits per heavy atom. The first-order chi connectivity index (χ1) is 13.5. The van der Waals surface area contributed by atoms with E-state index in [2.05, 4.69) is 27.0 Å². The lowest BCUT2D eigenvalue weighted by atomic mass is 10.1. The third kappa shape index (κ3) is 5.37. The van der Waals surface area contributed by atoms with Crippen LogP contribution < -0.4 is 11.1 Å². The fourth-order valence-corrected chi connectivity index (χ4v) is 3.72. The van der Waals surface area contributed by atoms with Gasteiger partial charge in [-0.3, -0.25) is 10.1 Å². The number of urea groups is 1. The van der Waals surface area contributed by atoms with Crippen LogP contribution in [0.5, 0.6) is 0 Å². The van der Waals surface area contributed by atoms with Crippen molar-refractivity contribution >= 4 is 35.3 Å². The van der Waals surface area contributed by atoms with Gasteiger partial charge in [-0.15, -0.1) is 0 Å². The Bertz CT molecular complexity index is 958. The third-order valence-electron chi connectivity index (χ3n) is 3.97. The predicted octanol–water partition coefficient (Wildman–Crippen LogP) is 3.93. The Morgan fingerprint density at radius 2 is 1.82 bits per heavy atom. The highest BCUT2D eigenvalue weighted by atomic mass is 35.5. The number of halogens is 1. The molecule has 0 aliphatic rings. The van der Waals surface area contributed by atoms with Crippen LogP contribution in [0.1, 0.15) is 12.0 Å². The first-order valence-electron chi connectivity index (χ1n) is 8.60. The van der Waals surface area contributed by atoms with E-state index < -0.39 is 11.9 Å². The summed E-state index contributed by atoms with van der Waals surface area (Å²) in [5.74, 6) is 0.0735. The second-order valence-corrected chi connectivity index (χ2v) is 7.51. The molecule has 0 unspecified atom stereocenters. The summed E-state index contributed by atoms with van der Waals surface area (Å²) in [4.78, 5) is 26.9. The lowest BCUT2D eigenvalue weighted by Crippen LogP contribution is -2.35. The Kier molecular flexibility index (Phi) is 6.73. The summed E-state index contributed by atoms with van der Waals surface area (Å²) >= 11 is 7.46. The summed E-state index contributed by atoms with van der Waals surface area (Å²) in [6.07, 6.45) is 1.99. The van der Waals surface area contributed by atoms with Crippen LogP contribution in [0, 0.1) is 0 Å². The number of aromatic nitrogens is 2. The minimum Gasteiger partial charge on any atom is -0.351 e. The number of carbonyl (C=O) groups is 2. The van der Waals surface area contributed by atoms with Gasteiger partial charge in [-0.2, -0.15) is 0 Å². The Labute approximate surface area is 172 Å². The van der Waals surface area contributed by atoms with Gasteiger partial charge in [0, 0.05) is 17.2 Å². The average Bonchev–Trinajstić information content (AvgIpc) is 3.05. The van der Waals surface area contributed by atoms with Crippen LogP contribution in [0.25, 0.3) is 11.3 Å². The van der Waals surface area contributed by atoms with Crippen LogP contribution in [0.2, 0.25) is 5.02 Å². The van der Waals surface area contributed by atoms with Crippen molar-refractivity contribution in [2.24, 2.45) is 5.73 Å².